The van der Waals surface area contributed by atoms with Gasteiger partial charge in [-0.3, -0.25) is 4.79 Å². The van der Waals surface area contributed by atoms with Gasteiger partial charge in [0.05, 0.1) is 21.5 Å². The summed E-state index contributed by atoms with van der Waals surface area (Å²) in [5.41, 5.74) is 1.57. The van der Waals surface area contributed by atoms with Gasteiger partial charge < -0.3 is 10.0 Å². The first-order chi connectivity index (χ1) is 14.9. The fraction of sp³-hybridized carbons (Fsp3) is 0.273. The molecule has 31 heavy (non-hydrogen) atoms. The molecular formula is C22H17Cl2FN4O2. The van der Waals surface area contributed by atoms with E-state index < -0.39 is 17.7 Å². The van der Waals surface area contributed by atoms with Crippen LogP contribution in [0.4, 0.5) is 10.2 Å². The predicted molar refractivity (Wildman–Crippen MR) is 117 cm³/mol. The normalized spacial score (nSPS) is 17.4. The quantitative estimate of drug-likeness (QED) is 0.578. The van der Waals surface area contributed by atoms with Gasteiger partial charge in [0.2, 0.25) is 0 Å². The standard InChI is InChI=1S/C22H17Cl2FN4O2/c23-16-5-3-12(8-17(16)24)14-4-6-18(25)20-19(14)21(28-11-27-20)29-7-1-2-13(10-29)15(9-26)22(30)31/h3-6,8,11,13,15H,1-2,7,10H2,(H,30,31). The van der Waals surface area contributed by atoms with Crippen LogP contribution >= 0.6 is 23.2 Å². The van der Waals surface area contributed by atoms with Crippen molar-refractivity contribution in [1.29, 1.82) is 5.26 Å². The van der Waals surface area contributed by atoms with Gasteiger partial charge in [-0.05, 0) is 42.2 Å². The van der Waals surface area contributed by atoms with E-state index in [1.54, 1.807) is 24.3 Å². The van der Waals surface area contributed by atoms with Gasteiger partial charge in [0.15, 0.2) is 0 Å². The van der Waals surface area contributed by atoms with Gasteiger partial charge >= 0.3 is 5.97 Å². The molecule has 3 aromatic rings. The van der Waals surface area contributed by atoms with Gasteiger partial charge in [-0.2, -0.15) is 5.26 Å². The smallest absolute Gasteiger partial charge is 0.321 e. The number of piperidine rings is 1. The van der Waals surface area contributed by atoms with Crippen molar-refractivity contribution >= 4 is 45.9 Å². The van der Waals surface area contributed by atoms with Gasteiger partial charge in [-0.15, -0.1) is 0 Å². The molecule has 9 heteroatoms. The molecule has 158 valence electrons. The Labute approximate surface area is 187 Å². The third kappa shape index (κ3) is 4.01. The molecule has 1 aromatic heterocycles. The monoisotopic (exact) mass is 458 g/mol. The molecule has 1 N–H and O–H groups in total. The number of aliphatic carboxylic acids is 1. The molecule has 0 aliphatic carbocycles. The lowest BCUT2D eigenvalue weighted by Crippen LogP contribution is -2.40. The van der Waals surface area contributed by atoms with Crippen LogP contribution in [-0.4, -0.2) is 34.1 Å². The van der Waals surface area contributed by atoms with Crippen molar-refractivity contribution in [1.82, 2.24) is 9.97 Å². The number of fused-ring (bicyclic) bond motifs is 1. The van der Waals surface area contributed by atoms with Crippen molar-refractivity contribution in [3.8, 4) is 17.2 Å². The Balaban J connectivity index is 1.85. The van der Waals surface area contributed by atoms with E-state index in [2.05, 4.69) is 9.97 Å². The molecule has 2 atom stereocenters. The lowest BCUT2D eigenvalue weighted by Gasteiger charge is -2.35. The Morgan fingerprint density at radius 3 is 2.77 bits per heavy atom. The fourth-order valence-corrected chi connectivity index (χ4v) is 4.40. The van der Waals surface area contributed by atoms with Crippen LogP contribution in [-0.2, 0) is 4.79 Å². The maximum Gasteiger partial charge on any atom is 0.321 e. The minimum absolute atomic E-state index is 0.158. The maximum atomic E-state index is 14.7. The number of aromatic nitrogens is 2. The number of carboxylic acid groups (broad SMARTS) is 1. The summed E-state index contributed by atoms with van der Waals surface area (Å²) in [4.78, 5) is 22.0. The number of hydrogen-bond acceptors (Lipinski definition) is 5. The van der Waals surface area contributed by atoms with E-state index in [-0.39, 0.29) is 11.4 Å². The number of carbonyl (C=O) groups is 1. The Bertz CT molecular complexity index is 1210. The van der Waals surface area contributed by atoms with Crippen LogP contribution in [0.5, 0.6) is 0 Å². The second-order valence-electron chi connectivity index (χ2n) is 7.44. The molecule has 2 aromatic carbocycles. The summed E-state index contributed by atoms with van der Waals surface area (Å²) in [5, 5.41) is 20.0. The average Bonchev–Trinajstić information content (AvgIpc) is 2.76. The first-order valence-corrected chi connectivity index (χ1v) is 10.4. The van der Waals surface area contributed by atoms with Crippen molar-refractivity contribution < 1.29 is 14.3 Å². The largest absolute Gasteiger partial charge is 0.480 e. The molecule has 1 aliphatic heterocycles. The molecule has 1 saturated heterocycles. The molecule has 2 unspecified atom stereocenters. The van der Waals surface area contributed by atoms with Crippen LogP contribution in [0.25, 0.3) is 22.0 Å². The van der Waals surface area contributed by atoms with Gasteiger partial charge in [-0.1, -0.05) is 35.3 Å². The van der Waals surface area contributed by atoms with Crippen molar-refractivity contribution in [2.24, 2.45) is 11.8 Å². The highest BCUT2D eigenvalue weighted by atomic mass is 35.5. The lowest BCUT2D eigenvalue weighted by atomic mass is 9.86. The van der Waals surface area contributed by atoms with Gasteiger partial charge in [-0.25, -0.2) is 14.4 Å². The summed E-state index contributed by atoms with van der Waals surface area (Å²) >= 11 is 12.3. The van der Waals surface area contributed by atoms with Crippen LogP contribution in [0.1, 0.15) is 12.8 Å². The summed E-state index contributed by atoms with van der Waals surface area (Å²) < 4.78 is 14.7. The van der Waals surface area contributed by atoms with E-state index in [1.807, 2.05) is 11.0 Å². The van der Waals surface area contributed by atoms with E-state index in [9.17, 15) is 19.6 Å². The van der Waals surface area contributed by atoms with E-state index in [4.69, 9.17) is 23.2 Å². The summed E-state index contributed by atoms with van der Waals surface area (Å²) in [7, 11) is 0. The van der Waals surface area contributed by atoms with Crippen molar-refractivity contribution in [3.63, 3.8) is 0 Å². The summed E-state index contributed by atoms with van der Waals surface area (Å²) in [6.45, 7) is 0.936. The highest BCUT2D eigenvalue weighted by Gasteiger charge is 2.33. The molecule has 1 aliphatic rings. The Hall–Kier alpha value is -2.95. The highest BCUT2D eigenvalue weighted by molar-refractivity contribution is 6.42. The molecule has 4 rings (SSSR count). The number of anilines is 1. The number of nitrogens with zero attached hydrogens (tertiary/aromatic N) is 4. The summed E-state index contributed by atoms with van der Waals surface area (Å²) in [6.07, 6.45) is 2.61. The van der Waals surface area contributed by atoms with Crippen LogP contribution in [0.15, 0.2) is 36.7 Å². The zero-order valence-electron chi connectivity index (χ0n) is 16.2. The van der Waals surface area contributed by atoms with Crippen LogP contribution in [0.3, 0.4) is 0 Å². The maximum absolute atomic E-state index is 14.7. The van der Waals surface area contributed by atoms with Gasteiger partial charge in [0, 0.05) is 19.0 Å². The van der Waals surface area contributed by atoms with Crippen molar-refractivity contribution in [2.45, 2.75) is 12.8 Å². The number of nitriles is 1. The summed E-state index contributed by atoms with van der Waals surface area (Å²) in [5.74, 6) is -2.59. The molecule has 0 saturated carbocycles. The molecule has 6 nitrogen and oxygen atoms in total. The third-order valence-corrected chi connectivity index (χ3v) is 6.32. The summed E-state index contributed by atoms with van der Waals surface area (Å²) in [6, 6.07) is 10.0. The molecule has 0 amide bonds. The topological polar surface area (TPSA) is 90.1 Å². The number of halogens is 3. The number of benzene rings is 2. The van der Waals surface area contributed by atoms with E-state index >= 15 is 0 Å². The Morgan fingerprint density at radius 2 is 2.06 bits per heavy atom. The predicted octanol–water partition coefficient (Wildman–Crippen LogP) is 5.18. The molecule has 0 spiro atoms. The first-order valence-electron chi connectivity index (χ1n) is 9.66. The molecule has 0 radical (unpaired) electrons. The average molecular weight is 459 g/mol. The van der Waals surface area contributed by atoms with E-state index in [1.165, 1.54) is 12.4 Å². The molecule has 1 fully saturated rings. The van der Waals surface area contributed by atoms with Crippen molar-refractivity contribution in [2.75, 3.05) is 18.0 Å². The minimum Gasteiger partial charge on any atom is -0.480 e. The zero-order chi connectivity index (χ0) is 22.1. The lowest BCUT2D eigenvalue weighted by molar-refractivity contribution is -0.141. The van der Waals surface area contributed by atoms with E-state index in [0.29, 0.717) is 52.7 Å². The van der Waals surface area contributed by atoms with Crippen molar-refractivity contribution in [3.05, 3.63) is 52.5 Å². The van der Waals surface area contributed by atoms with Gasteiger partial charge in [0.25, 0.3) is 0 Å². The van der Waals surface area contributed by atoms with E-state index in [0.717, 1.165) is 5.56 Å². The van der Waals surface area contributed by atoms with Crippen LogP contribution in [0, 0.1) is 29.0 Å². The second-order valence-corrected chi connectivity index (χ2v) is 8.25. The molecule has 0 bridgehead atoms. The Kier molecular flexibility index (Phi) is 5.94. The first kappa shape index (κ1) is 21.3. The number of rotatable bonds is 4. The van der Waals surface area contributed by atoms with Gasteiger partial charge in [0.1, 0.15) is 29.4 Å². The Morgan fingerprint density at radius 1 is 1.26 bits per heavy atom. The van der Waals surface area contributed by atoms with Crippen LogP contribution < -0.4 is 4.90 Å². The molecular weight excluding hydrogens is 442 g/mol. The second kappa shape index (κ2) is 8.66. The SMILES string of the molecule is N#CC(C(=O)O)C1CCCN(c2ncnc3c(F)ccc(-c4ccc(Cl)c(Cl)c4)c23)C1. The fourth-order valence-electron chi connectivity index (χ4n) is 4.10. The third-order valence-electron chi connectivity index (χ3n) is 5.58. The minimum atomic E-state index is -1.13. The van der Waals surface area contributed by atoms with Crippen LogP contribution in [0.2, 0.25) is 10.0 Å². The highest BCUT2D eigenvalue weighted by Crippen LogP contribution is 2.38. The number of carboxylic acids is 1. The number of hydrogen-bond donors (Lipinski definition) is 1. The zero-order valence-corrected chi connectivity index (χ0v) is 17.7. The molecule has 2 heterocycles.